The smallest absolute Gasteiger partial charge is 0.337 e. The van der Waals surface area contributed by atoms with Crippen molar-refractivity contribution in [3.8, 4) is 6.07 Å². The van der Waals surface area contributed by atoms with E-state index >= 15 is 0 Å². The third-order valence-electron chi connectivity index (χ3n) is 3.88. The predicted octanol–water partition coefficient (Wildman–Crippen LogP) is 2.65. The van der Waals surface area contributed by atoms with Crippen molar-refractivity contribution in [2.75, 3.05) is 13.1 Å². The third-order valence-corrected chi connectivity index (χ3v) is 3.88. The number of alkyl halides is 3. The van der Waals surface area contributed by atoms with Crippen LogP contribution in [-0.2, 0) is 4.79 Å². The first-order valence-electron chi connectivity index (χ1n) is 6.25. The number of nitrogens with zero attached hydrogens (tertiary/aromatic N) is 2. The highest BCUT2D eigenvalue weighted by Crippen LogP contribution is 2.46. The molecule has 6 heteroatoms. The van der Waals surface area contributed by atoms with Crippen LogP contribution in [0.4, 0.5) is 13.2 Å². The van der Waals surface area contributed by atoms with Gasteiger partial charge >= 0.3 is 6.18 Å². The maximum atomic E-state index is 12.5. The minimum atomic E-state index is -4.31. The molecule has 1 fully saturated rings. The second kappa shape index (κ2) is 4.55. The van der Waals surface area contributed by atoms with Crippen LogP contribution in [0.1, 0.15) is 26.2 Å². The van der Waals surface area contributed by atoms with Gasteiger partial charge in [0, 0.05) is 18.7 Å². The van der Waals surface area contributed by atoms with Crippen molar-refractivity contribution in [1.82, 2.24) is 4.90 Å². The zero-order valence-corrected chi connectivity index (χ0v) is 10.6. The SMILES string of the molecule is CC1CC(C#N)(C(=O)N2CC=C(C(F)(F)F)CC2)C1. The van der Waals surface area contributed by atoms with Crippen LogP contribution in [0.15, 0.2) is 11.6 Å². The molecule has 0 aromatic rings. The number of carbonyl (C=O) groups is 1. The van der Waals surface area contributed by atoms with E-state index in [1.165, 1.54) is 4.90 Å². The molecule has 0 radical (unpaired) electrons. The summed E-state index contributed by atoms with van der Waals surface area (Å²) < 4.78 is 37.4. The normalized spacial score (nSPS) is 31.2. The Bertz CT molecular complexity index is 455. The summed E-state index contributed by atoms with van der Waals surface area (Å²) in [6.45, 7) is 1.95. The first kappa shape index (κ1) is 13.9. The van der Waals surface area contributed by atoms with Gasteiger partial charge in [0.05, 0.1) is 6.07 Å². The van der Waals surface area contributed by atoms with E-state index in [1.807, 2.05) is 13.0 Å². The predicted molar refractivity (Wildman–Crippen MR) is 61.8 cm³/mol. The van der Waals surface area contributed by atoms with Gasteiger partial charge in [-0.05, 0) is 25.2 Å². The minimum absolute atomic E-state index is 0.0436. The van der Waals surface area contributed by atoms with Gasteiger partial charge in [0.15, 0.2) is 0 Å². The lowest BCUT2D eigenvalue weighted by atomic mass is 9.62. The van der Waals surface area contributed by atoms with Gasteiger partial charge in [-0.3, -0.25) is 4.79 Å². The Labute approximate surface area is 109 Å². The minimum Gasteiger partial charge on any atom is -0.337 e. The summed E-state index contributed by atoms with van der Waals surface area (Å²) in [6.07, 6.45) is -2.43. The molecule has 0 atom stereocenters. The van der Waals surface area contributed by atoms with Crippen LogP contribution in [0.2, 0.25) is 0 Å². The van der Waals surface area contributed by atoms with Crippen molar-refractivity contribution in [3.63, 3.8) is 0 Å². The lowest BCUT2D eigenvalue weighted by Gasteiger charge is -2.43. The molecule has 0 unspecified atom stereocenters. The molecule has 104 valence electrons. The van der Waals surface area contributed by atoms with Crippen molar-refractivity contribution < 1.29 is 18.0 Å². The quantitative estimate of drug-likeness (QED) is 0.689. The molecule has 0 saturated heterocycles. The first-order valence-corrected chi connectivity index (χ1v) is 6.25. The summed E-state index contributed by atoms with van der Waals surface area (Å²) in [5.41, 5.74) is -1.58. The first-order chi connectivity index (χ1) is 8.78. The Morgan fingerprint density at radius 3 is 2.53 bits per heavy atom. The largest absolute Gasteiger partial charge is 0.412 e. The highest BCUT2D eigenvalue weighted by Gasteiger charge is 2.51. The Kier molecular flexibility index (Phi) is 3.33. The van der Waals surface area contributed by atoms with Crippen LogP contribution in [-0.4, -0.2) is 30.1 Å². The standard InChI is InChI=1S/C13H15F3N2O/c1-9-6-12(7-9,8-17)11(19)18-4-2-10(3-5-18)13(14,15)16/h2,9H,3-7H2,1H3. The molecule has 3 nitrogen and oxygen atoms in total. The summed E-state index contributed by atoms with van der Waals surface area (Å²) in [6, 6.07) is 2.05. The van der Waals surface area contributed by atoms with Gasteiger partial charge in [-0.15, -0.1) is 0 Å². The highest BCUT2D eigenvalue weighted by atomic mass is 19.4. The van der Waals surface area contributed by atoms with E-state index < -0.39 is 17.2 Å². The van der Waals surface area contributed by atoms with E-state index in [9.17, 15) is 18.0 Å². The molecule has 0 spiro atoms. The molecule has 1 aliphatic carbocycles. The van der Waals surface area contributed by atoms with Crippen LogP contribution in [0.25, 0.3) is 0 Å². The molecular weight excluding hydrogens is 257 g/mol. The van der Waals surface area contributed by atoms with Gasteiger partial charge in [0.25, 0.3) is 0 Å². The second-order valence-electron chi connectivity index (χ2n) is 5.44. The zero-order valence-electron chi connectivity index (χ0n) is 10.6. The molecule has 0 bridgehead atoms. The van der Waals surface area contributed by atoms with E-state index in [1.54, 1.807) is 0 Å². The van der Waals surface area contributed by atoms with Crippen molar-refractivity contribution in [1.29, 1.82) is 5.26 Å². The summed E-state index contributed by atoms with van der Waals surface area (Å²) in [5, 5.41) is 9.14. The summed E-state index contributed by atoms with van der Waals surface area (Å²) in [5.74, 6) is 0.0141. The maximum absolute atomic E-state index is 12.5. The number of amides is 1. The summed E-state index contributed by atoms with van der Waals surface area (Å²) in [4.78, 5) is 13.6. The van der Waals surface area contributed by atoms with Crippen LogP contribution in [0.3, 0.4) is 0 Å². The number of carbonyl (C=O) groups excluding carboxylic acids is 1. The Morgan fingerprint density at radius 1 is 1.53 bits per heavy atom. The number of halogens is 3. The molecular formula is C13H15F3N2O. The van der Waals surface area contributed by atoms with Crippen molar-refractivity contribution >= 4 is 5.91 Å². The number of nitriles is 1. The average molecular weight is 272 g/mol. The highest BCUT2D eigenvalue weighted by molar-refractivity contribution is 5.86. The molecule has 0 aromatic carbocycles. The van der Waals surface area contributed by atoms with Gasteiger partial charge in [0.2, 0.25) is 5.91 Å². The Morgan fingerprint density at radius 2 is 2.16 bits per heavy atom. The van der Waals surface area contributed by atoms with Gasteiger partial charge in [0.1, 0.15) is 5.41 Å². The summed E-state index contributed by atoms with van der Waals surface area (Å²) >= 11 is 0. The monoisotopic (exact) mass is 272 g/mol. The summed E-state index contributed by atoms with van der Waals surface area (Å²) in [7, 11) is 0. The van der Waals surface area contributed by atoms with Crippen LogP contribution >= 0.6 is 0 Å². The Balaban J connectivity index is 2.05. The topological polar surface area (TPSA) is 44.1 Å². The molecule has 0 N–H and O–H groups in total. The number of hydrogen-bond donors (Lipinski definition) is 0. The van der Waals surface area contributed by atoms with E-state index in [2.05, 4.69) is 0 Å². The van der Waals surface area contributed by atoms with Crippen molar-refractivity contribution in [3.05, 3.63) is 11.6 Å². The number of hydrogen-bond acceptors (Lipinski definition) is 2. The molecule has 1 aliphatic heterocycles. The lowest BCUT2D eigenvalue weighted by Crippen LogP contribution is -2.51. The van der Waals surface area contributed by atoms with Crippen molar-refractivity contribution in [2.24, 2.45) is 11.3 Å². The van der Waals surface area contributed by atoms with Gasteiger partial charge in [-0.1, -0.05) is 13.0 Å². The van der Waals surface area contributed by atoms with Crippen LogP contribution < -0.4 is 0 Å². The second-order valence-corrected chi connectivity index (χ2v) is 5.44. The van der Waals surface area contributed by atoms with Crippen molar-refractivity contribution in [2.45, 2.75) is 32.4 Å². The van der Waals surface area contributed by atoms with Gasteiger partial charge < -0.3 is 4.90 Å². The molecule has 19 heavy (non-hydrogen) atoms. The molecule has 1 amide bonds. The van der Waals surface area contributed by atoms with Gasteiger partial charge in [-0.2, -0.15) is 18.4 Å². The fourth-order valence-electron chi connectivity index (χ4n) is 2.86. The fraction of sp³-hybridized carbons (Fsp3) is 0.692. The zero-order chi connectivity index (χ0) is 14.3. The maximum Gasteiger partial charge on any atom is 0.412 e. The van der Waals surface area contributed by atoms with Crippen LogP contribution in [0.5, 0.6) is 0 Å². The third kappa shape index (κ3) is 2.46. The number of rotatable bonds is 1. The lowest BCUT2D eigenvalue weighted by molar-refractivity contribution is -0.145. The van der Waals surface area contributed by atoms with Crippen LogP contribution in [0, 0.1) is 22.7 Å². The molecule has 2 rings (SSSR count). The average Bonchev–Trinajstić information content (AvgIpc) is 2.33. The molecule has 0 aromatic heterocycles. The van der Waals surface area contributed by atoms with E-state index in [-0.39, 0.29) is 25.4 Å². The Hall–Kier alpha value is -1.51. The molecule has 1 heterocycles. The van der Waals surface area contributed by atoms with E-state index in [0.717, 1.165) is 6.08 Å². The molecule has 2 aliphatic rings. The fourth-order valence-corrected chi connectivity index (χ4v) is 2.86. The van der Waals surface area contributed by atoms with E-state index in [4.69, 9.17) is 5.26 Å². The van der Waals surface area contributed by atoms with E-state index in [0.29, 0.717) is 18.8 Å². The molecule has 1 saturated carbocycles. The van der Waals surface area contributed by atoms with Gasteiger partial charge in [-0.25, -0.2) is 0 Å².